The van der Waals surface area contributed by atoms with Gasteiger partial charge in [-0.25, -0.2) is 4.79 Å². The molecule has 0 aromatic heterocycles. The standard InChI is InChI=1S/C26H23ClN4O4/c27-17-10-11-22-21(12-17)24(16-6-2-1-3-7-16)29-14-18(31-22)13-28-23(32)15-30-25(33)19-8-4-5-9-20(19)26(34)35/h1-12,18,31H,13-15H2,(H,28,32)(H,30,33)(H,34,35). The largest absolute Gasteiger partial charge is 0.478 e. The van der Waals surface area contributed by atoms with Crippen molar-refractivity contribution in [3.05, 3.63) is 100 Å². The van der Waals surface area contributed by atoms with Crippen molar-refractivity contribution in [2.45, 2.75) is 6.04 Å². The zero-order valence-electron chi connectivity index (χ0n) is 18.6. The minimum atomic E-state index is -1.21. The number of rotatable bonds is 7. The van der Waals surface area contributed by atoms with Crippen LogP contribution >= 0.6 is 11.6 Å². The summed E-state index contributed by atoms with van der Waals surface area (Å²) in [5.41, 5.74) is 3.38. The summed E-state index contributed by atoms with van der Waals surface area (Å²) in [6.07, 6.45) is 0. The highest BCUT2D eigenvalue weighted by Crippen LogP contribution is 2.27. The van der Waals surface area contributed by atoms with E-state index in [1.54, 1.807) is 12.1 Å². The molecule has 178 valence electrons. The second kappa shape index (κ2) is 10.8. The van der Waals surface area contributed by atoms with Gasteiger partial charge in [-0.05, 0) is 30.3 Å². The smallest absolute Gasteiger partial charge is 0.336 e. The van der Waals surface area contributed by atoms with Gasteiger partial charge in [-0.3, -0.25) is 14.6 Å². The fraction of sp³-hybridized carbons (Fsp3) is 0.154. The molecule has 1 heterocycles. The van der Waals surface area contributed by atoms with Gasteiger partial charge in [-0.1, -0.05) is 54.1 Å². The van der Waals surface area contributed by atoms with Crippen LogP contribution in [0.5, 0.6) is 0 Å². The normalized spacial score (nSPS) is 14.5. The number of nitrogens with one attached hydrogen (secondary N) is 3. The van der Waals surface area contributed by atoms with Crippen molar-refractivity contribution in [2.75, 3.05) is 25.0 Å². The lowest BCUT2D eigenvalue weighted by atomic mass is 10.0. The molecule has 0 spiro atoms. The summed E-state index contributed by atoms with van der Waals surface area (Å²) in [6.45, 7) is 0.396. The summed E-state index contributed by atoms with van der Waals surface area (Å²) in [6, 6.07) is 21.0. The molecule has 1 aliphatic rings. The maximum atomic E-state index is 12.4. The fourth-order valence-electron chi connectivity index (χ4n) is 3.77. The third kappa shape index (κ3) is 5.85. The zero-order valence-corrected chi connectivity index (χ0v) is 19.4. The van der Waals surface area contributed by atoms with Crippen LogP contribution < -0.4 is 16.0 Å². The summed E-state index contributed by atoms with van der Waals surface area (Å²) in [7, 11) is 0. The molecule has 0 saturated carbocycles. The summed E-state index contributed by atoms with van der Waals surface area (Å²) in [5.74, 6) is -2.24. The molecule has 3 aromatic rings. The second-order valence-corrected chi connectivity index (χ2v) is 8.36. The first-order valence-electron chi connectivity index (χ1n) is 11.0. The summed E-state index contributed by atoms with van der Waals surface area (Å²) >= 11 is 6.25. The lowest BCUT2D eigenvalue weighted by molar-refractivity contribution is -0.120. The van der Waals surface area contributed by atoms with Gasteiger partial charge in [0, 0.05) is 28.4 Å². The Labute approximate surface area is 207 Å². The van der Waals surface area contributed by atoms with Crippen LogP contribution in [-0.4, -0.2) is 54.3 Å². The van der Waals surface area contributed by atoms with Crippen molar-refractivity contribution in [1.82, 2.24) is 10.6 Å². The second-order valence-electron chi connectivity index (χ2n) is 7.92. The number of anilines is 1. The van der Waals surface area contributed by atoms with Crippen molar-refractivity contribution in [1.29, 1.82) is 0 Å². The Balaban J connectivity index is 1.39. The Morgan fingerprint density at radius 1 is 0.971 bits per heavy atom. The average Bonchev–Trinajstić information content (AvgIpc) is 3.05. The molecule has 0 radical (unpaired) electrons. The van der Waals surface area contributed by atoms with Crippen molar-refractivity contribution in [3.8, 4) is 0 Å². The van der Waals surface area contributed by atoms with Crippen LogP contribution in [0.25, 0.3) is 0 Å². The first kappa shape index (κ1) is 24.0. The minimum Gasteiger partial charge on any atom is -0.478 e. The van der Waals surface area contributed by atoms with Crippen molar-refractivity contribution >= 4 is 40.8 Å². The lowest BCUT2D eigenvalue weighted by Gasteiger charge is -2.18. The molecule has 3 aromatic carbocycles. The molecule has 0 saturated heterocycles. The van der Waals surface area contributed by atoms with Gasteiger partial charge in [0.25, 0.3) is 5.91 Å². The monoisotopic (exact) mass is 490 g/mol. The van der Waals surface area contributed by atoms with E-state index >= 15 is 0 Å². The van der Waals surface area contributed by atoms with E-state index in [2.05, 4.69) is 16.0 Å². The van der Waals surface area contributed by atoms with Gasteiger partial charge in [0.2, 0.25) is 5.91 Å². The van der Waals surface area contributed by atoms with E-state index in [-0.39, 0.29) is 30.3 Å². The molecule has 4 rings (SSSR count). The first-order chi connectivity index (χ1) is 16.9. The summed E-state index contributed by atoms with van der Waals surface area (Å²) in [5, 5.41) is 18.5. The van der Waals surface area contributed by atoms with Gasteiger partial charge < -0.3 is 21.1 Å². The number of fused-ring (bicyclic) bond motifs is 1. The van der Waals surface area contributed by atoms with Crippen LogP contribution in [0.2, 0.25) is 5.02 Å². The summed E-state index contributed by atoms with van der Waals surface area (Å²) < 4.78 is 0. The fourth-order valence-corrected chi connectivity index (χ4v) is 3.94. The van der Waals surface area contributed by atoms with Gasteiger partial charge >= 0.3 is 5.97 Å². The Kier molecular flexibility index (Phi) is 7.42. The van der Waals surface area contributed by atoms with Crippen LogP contribution in [0.15, 0.2) is 77.8 Å². The predicted molar refractivity (Wildman–Crippen MR) is 135 cm³/mol. The molecule has 1 atom stereocenters. The molecule has 1 aliphatic heterocycles. The Bertz CT molecular complexity index is 1290. The molecule has 0 bridgehead atoms. The number of aromatic carboxylic acids is 1. The molecular weight excluding hydrogens is 468 g/mol. The molecule has 0 fully saturated rings. The third-order valence-corrected chi connectivity index (χ3v) is 5.71. The molecule has 9 heteroatoms. The molecule has 2 amide bonds. The molecule has 0 aliphatic carbocycles. The van der Waals surface area contributed by atoms with Gasteiger partial charge in [-0.15, -0.1) is 0 Å². The number of carbonyl (C=O) groups is 3. The van der Waals surface area contributed by atoms with E-state index < -0.39 is 17.8 Å². The Morgan fingerprint density at radius 3 is 2.43 bits per heavy atom. The number of halogens is 1. The van der Waals surface area contributed by atoms with E-state index in [9.17, 15) is 19.5 Å². The van der Waals surface area contributed by atoms with Gasteiger partial charge in [-0.2, -0.15) is 0 Å². The molecule has 4 N–H and O–H groups in total. The number of amides is 2. The van der Waals surface area contributed by atoms with E-state index in [1.807, 2.05) is 42.5 Å². The van der Waals surface area contributed by atoms with Gasteiger partial charge in [0.15, 0.2) is 0 Å². The zero-order chi connectivity index (χ0) is 24.8. The number of carboxylic acid groups (broad SMARTS) is 1. The highest BCUT2D eigenvalue weighted by molar-refractivity contribution is 6.31. The van der Waals surface area contributed by atoms with Crippen molar-refractivity contribution in [2.24, 2.45) is 4.99 Å². The van der Waals surface area contributed by atoms with Gasteiger partial charge in [0.05, 0.1) is 36.0 Å². The van der Waals surface area contributed by atoms with Crippen molar-refractivity contribution in [3.63, 3.8) is 0 Å². The third-order valence-electron chi connectivity index (χ3n) is 5.47. The van der Waals surface area contributed by atoms with E-state index in [1.165, 1.54) is 18.2 Å². The highest BCUT2D eigenvalue weighted by Gasteiger charge is 2.21. The highest BCUT2D eigenvalue weighted by atomic mass is 35.5. The SMILES string of the molecule is O=C(CNC(=O)c1ccccc1C(=O)O)NCC1CN=C(c2ccccc2)c2cc(Cl)ccc2N1. The number of benzodiazepines with no additional fused rings is 1. The topological polar surface area (TPSA) is 120 Å². The molecule has 35 heavy (non-hydrogen) atoms. The van der Waals surface area contributed by atoms with Crippen LogP contribution in [0.4, 0.5) is 5.69 Å². The number of aliphatic imine (C=N–C) groups is 1. The molecule has 8 nitrogen and oxygen atoms in total. The minimum absolute atomic E-state index is 0.00344. The quantitative estimate of drug-likeness (QED) is 0.405. The van der Waals surface area contributed by atoms with Gasteiger partial charge in [0.1, 0.15) is 0 Å². The lowest BCUT2D eigenvalue weighted by Crippen LogP contribution is -2.43. The first-order valence-corrected chi connectivity index (χ1v) is 11.3. The Morgan fingerprint density at radius 2 is 1.69 bits per heavy atom. The predicted octanol–water partition coefficient (Wildman–Crippen LogP) is 3.22. The number of benzene rings is 3. The maximum Gasteiger partial charge on any atom is 0.336 e. The number of carboxylic acids is 1. The summed E-state index contributed by atoms with van der Waals surface area (Å²) in [4.78, 5) is 40.8. The number of carbonyl (C=O) groups excluding carboxylic acids is 2. The molecular formula is C26H23ClN4O4. The van der Waals surface area contributed by atoms with Crippen LogP contribution in [0, 0.1) is 0 Å². The van der Waals surface area contributed by atoms with Crippen LogP contribution in [0.3, 0.4) is 0 Å². The van der Waals surface area contributed by atoms with E-state index in [0.717, 1.165) is 22.5 Å². The number of hydrogen-bond donors (Lipinski definition) is 4. The van der Waals surface area contributed by atoms with E-state index in [0.29, 0.717) is 11.6 Å². The Hall–Kier alpha value is -4.17. The van der Waals surface area contributed by atoms with Crippen LogP contribution in [0.1, 0.15) is 31.8 Å². The average molecular weight is 491 g/mol. The maximum absolute atomic E-state index is 12.4. The van der Waals surface area contributed by atoms with Crippen molar-refractivity contribution < 1.29 is 19.5 Å². The van der Waals surface area contributed by atoms with E-state index in [4.69, 9.17) is 16.6 Å². The molecule has 1 unspecified atom stereocenters. The van der Waals surface area contributed by atoms with Crippen LogP contribution in [-0.2, 0) is 4.79 Å². The number of hydrogen-bond acceptors (Lipinski definition) is 5. The number of nitrogens with zero attached hydrogens (tertiary/aromatic N) is 1.